The van der Waals surface area contributed by atoms with E-state index in [2.05, 4.69) is 26.4 Å². The third-order valence-electron chi connectivity index (χ3n) is 1.07. The number of hydrazone groups is 2. The van der Waals surface area contributed by atoms with E-state index in [0.29, 0.717) is 11.8 Å². The molecule has 0 atom stereocenters. The van der Waals surface area contributed by atoms with Crippen LogP contribution in [0.25, 0.3) is 0 Å². The van der Waals surface area contributed by atoms with Crippen molar-refractivity contribution in [3.8, 4) is 0 Å². The zero-order valence-electron chi connectivity index (χ0n) is 6.46. The van der Waals surface area contributed by atoms with Crippen molar-refractivity contribution in [3.05, 3.63) is 0 Å². The number of carboxylic acids is 1. The average molecular weight is 171 g/mol. The lowest BCUT2D eigenvalue weighted by Crippen LogP contribution is -2.43. The summed E-state index contributed by atoms with van der Waals surface area (Å²) in [6.07, 6.45) is 0. The zero-order chi connectivity index (χ0) is 8.97. The Morgan fingerprint density at radius 2 is 2.33 bits per heavy atom. The molecule has 0 aromatic heterocycles. The van der Waals surface area contributed by atoms with Crippen molar-refractivity contribution in [1.82, 2.24) is 16.2 Å². The number of nitrogens with zero attached hydrogens (tertiary/aromatic N) is 2. The minimum atomic E-state index is -0.953. The Bertz CT molecular complexity index is 246. The third-order valence-corrected chi connectivity index (χ3v) is 1.07. The van der Waals surface area contributed by atoms with Crippen LogP contribution in [0.15, 0.2) is 10.2 Å². The number of rotatable bonds is 2. The maximum Gasteiger partial charge on any atom is 0.322 e. The van der Waals surface area contributed by atoms with Crippen LogP contribution in [0.4, 0.5) is 0 Å². The highest BCUT2D eigenvalue weighted by Gasteiger charge is 2.04. The Balaban J connectivity index is 2.31. The largest absolute Gasteiger partial charge is 0.480 e. The van der Waals surface area contributed by atoms with Gasteiger partial charge in [0.05, 0.1) is 0 Å². The van der Waals surface area contributed by atoms with Crippen LogP contribution >= 0.6 is 0 Å². The fourth-order valence-corrected chi connectivity index (χ4v) is 0.562. The lowest BCUT2D eigenvalue weighted by atomic mass is 10.6. The first-order chi connectivity index (χ1) is 5.68. The smallest absolute Gasteiger partial charge is 0.322 e. The normalized spacial score (nSPS) is 15.1. The number of nitrogens with one attached hydrogen (secondary N) is 3. The highest BCUT2D eigenvalue weighted by Crippen LogP contribution is 1.78. The first-order valence-corrected chi connectivity index (χ1v) is 3.28. The van der Waals surface area contributed by atoms with Crippen LogP contribution in [0.5, 0.6) is 0 Å². The molecule has 12 heavy (non-hydrogen) atoms. The van der Waals surface area contributed by atoms with Crippen LogP contribution in [0.1, 0.15) is 6.92 Å². The third kappa shape index (κ3) is 2.45. The summed E-state index contributed by atoms with van der Waals surface area (Å²) in [5.74, 6) is -0.0374. The predicted octanol–water partition coefficient (Wildman–Crippen LogP) is -1.54. The summed E-state index contributed by atoms with van der Waals surface area (Å²) in [4.78, 5) is 10.1. The van der Waals surface area contributed by atoms with Crippen molar-refractivity contribution in [2.75, 3.05) is 6.54 Å². The molecule has 0 unspecified atom stereocenters. The van der Waals surface area contributed by atoms with Gasteiger partial charge in [-0.25, -0.2) is 5.43 Å². The number of carboxylic acid groups (broad SMARTS) is 1. The molecule has 7 heteroatoms. The Hall–Kier alpha value is -1.79. The second kappa shape index (κ2) is 3.56. The standard InChI is InChI=1S/C5H9N5O2/c1-3-7-9-5(10-8-3)6-2-4(11)12/h2H2,1H3,(H,7,8)(H,11,12)(H2,6,9,10). The molecule has 7 nitrogen and oxygen atoms in total. The van der Waals surface area contributed by atoms with Gasteiger partial charge in [0.25, 0.3) is 0 Å². The molecule has 0 saturated carbocycles. The lowest BCUT2D eigenvalue weighted by Gasteiger charge is -2.12. The molecular weight excluding hydrogens is 162 g/mol. The first kappa shape index (κ1) is 8.31. The van der Waals surface area contributed by atoms with Crippen molar-refractivity contribution < 1.29 is 9.90 Å². The molecular formula is C5H9N5O2. The Morgan fingerprint density at radius 3 is 2.83 bits per heavy atom. The van der Waals surface area contributed by atoms with Crippen molar-refractivity contribution in [3.63, 3.8) is 0 Å². The van der Waals surface area contributed by atoms with Crippen LogP contribution in [0, 0.1) is 0 Å². The number of hydrogen-bond donors (Lipinski definition) is 4. The fraction of sp³-hybridized carbons (Fsp3) is 0.400. The van der Waals surface area contributed by atoms with Gasteiger partial charge in [-0.05, 0) is 6.92 Å². The van der Waals surface area contributed by atoms with Gasteiger partial charge >= 0.3 is 5.97 Å². The van der Waals surface area contributed by atoms with Crippen LogP contribution in [-0.4, -0.2) is 29.4 Å². The van der Waals surface area contributed by atoms with Crippen molar-refractivity contribution >= 4 is 17.8 Å². The topological polar surface area (TPSA) is 98.1 Å². The van der Waals surface area contributed by atoms with E-state index in [0.717, 1.165) is 0 Å². The van der Waals surface area contributed by atoms with Gasteiger partial charge in [-0.2, -0.15) is 5.10 Å². The summed E-state index contributed by atoms with van der Waals surface area (Å²) in [6, 6.07) is 0. The van der Waals surface area contributed by atoms with Crippen LogP contribution in [0.2, 0.25) is 0 Å². The maximum atomic E-state index is 10.1. The minimum Gasteiger partial charge on any atom is -0.480 e. The van der Waals surface area contributed by atoms with Gasteiger partial charge in [0.1, 0.15) is 12.4 Å². The molecule has 1 aliphatic rings. The van der Waals surface area contributed by atoms with Gasteiger partial charge < -0.3 is 10.4 Å². The quantitative estimate of drug-likeness (QED) is 0.403. The molecule has 66 valence electrons. The van der Waals surface area contributed by atoms with Crippen LogP contribution in [0.3, 0.4) is 0 Å². The fourth-order valence-electron chi connectivity index (χ4n) is 0.562. The van der Waals surface area contributed by atoms with Crippen molar-refractivity contribution in [1.29, 1.82) is 0 Å². The monoisotopic (exact) mass is 171 g/mol. The first-order valence-electron chi connectivity index (χ1n) is 3.28. The van der Waals surface area contributed by atoms with Gasteiger partial charge in [0.15, 0.2) is 0 Å². The summed E-state index contributed by atoms with van der Waals surface area (Å²) >= 11 is 0. The molecule has 4 N–H and O–H groups in total. The average Bonchev–Trinajstić information content (AvgIpc) is 2.03. The number of amidine groups is 1. The van der Waals surface area contributed by atoms with E-state index >= 15 is 0 Å². The van der Waals surface area contributed by atoms with E-state index in [1.54, 1.807) is 6.92 Å². The molecule has 0 saturated heterocycles. The number of guanidine groups is 1. The molecule has 0 spiro atoms. The van der Waals surface area contributed by atoms with Crippen molar-refractivity contribution in [2.24, 2.45) is 10.2 Å². The predicted molar refractivity (Wildman–Crippen MR) is 42.5 cm³/mol. The van der Waals surface area contributed by atoms with E-state index in [1.165, 1.54) is 0 Å². The second-order valence-electron chi connectivity index (χ2n) is 2.13. The molecule has 0 amide bonds. The summed E-state index contributed by atoms with van der Waals surface area (Å²) in [5.41, 5.74) is 5.10. The van der Waals surface area contributed by atoms with E-state index < -0.39 is 5.97 Å². The Kier molecular flexibility index (Phi) is 2.46. The molecule has 0 aromatic carbocycles. The molecule has 0 aromatic rings. The lowest BCUT2D eigenvalue weighted by molar-refractivity contribution is -0.135. The van der Waals surface area contributed by atoms with Gasteiger partial charge in [0.2, 0.25) is 5.96 Å². The number of carbonyl (C=O) groups is 1. The molecule has 1 heterocycles. The van der Waals surface area contributed by atoms with Crippen LogP contribution in [-0.2, 0) is 4.79 Å². The summed E-state index contributed by atoms with van der Waals surface area (Å²) in [7, 11) is 0. The SMILES string of the molecule is CC1=NNC(NCC(=O)O)=NN1. The van der Waals surface area contributed by atoms with Gasteiger partial charge in [-0.1, -0.05) is 0 Å². The molecule has 1 aliphatic heterocycles. The summed E-state index contributed by atoms with van der Waals surface area (Å²) < 4.78 is 0. The minimum absolute atomic E-state index is 0.192. The summed E-state index contributed by atoms with van der Waals surface area (Å²) in [6.45, 7) is 1.53. The second-order valence-corrected chi connectivity index (χ2v) is 2.13. The van der Waals surface area contributed by atoms with E-state index in [9.17, 15) is 4.79 Å². The van der Waals surface area contributed by atoms with E-state index in [-0.39, 0.29) is 6.54 Å². The molecule has 0 fully saturated rings. The van der Waals surface area contributed by atoms with Gasteiger partial charge in [0, 0.05) is 0 Å². The van der Waals surface area contributed by atoms with Gasteiger partial charge in [-0.3, -0.25) is 10.2 Å². The highest BCUT2D eigenvalue weighted by molar-refractivity contribution is 5.89. The number of aliphatic carboxylic acids is 1. The molecule has 0 bridgehead atoms. The molecule has 1 rings (SSSR count). The summed E-state index contributed by atoms with van der Waals surface area (Å²) in [5, 5.41) is 18.3. The number of hydrogen-bond acceptors (Lipinski definition) is 6. The Labute approximate surface area is 68.5 Å². The molecule has 0 aliphatic carbocycles. The molecule has 0 radical (unpaired) electrons. The van der Waals surface area contributed by atoms with Crippen molar-refractivity contribution in [2.45, 2.75) is 6.92 Å². The highest BCUT2D eigenvalue weighted by atomic mass is 16.4. The van der Waals surface area contributed by atoms with E-state index in [1.807, 2.05) is 0 Å². The Morgan fingerprint density at radius 1 is 1.58 bits per heavy atom. The van der Waals surface area contributed by atoms with E-state index in [4.69, 9.17) is 5.11 Å². The van der Waals surface area contributed by atoms with Crippen LogP contribution < -0.4 is 16.2 Å². The zero-order valence-corrected chi connectivity index (χ0v) is 6.46. The van der Waals surface area contributed by atoms with Gasteiger partial charge in [-0.15, -0.1) is 5.10 Å². The maximum absolute atomic E-state index is 10.1.